The summed E-state index contributed by atoms with van der Waals surface area (Å²) in [5.41, 5.74) is -1.58. The van der Waals surface area contributed by atoms with Crippen LogP contribution in [-0.2, 0) is 4.74 Å². The molecule has 3 N–H and O–H groups in total. The summed E-state index contributed by atoms with van der Waals surface area (Å²) in [4.78, 5) is 39.3. The normalized spacial score (nSPS) is 15.9. The van der Waals surface area contributed by atoms with Gasteiger partial charge in [0.2, 0.25) is 5.88 Å². The molecule has 3 rings (SSSR count). The molecule has 0 aliphatic carbocycles. The van der Waals surface area contributed by atoms with E-state index in [1.54, 1.807) is 6.07 Å². The van der Waals surface area contributed by atoms with Crippen molar-refractivity contribution < 1.29 is 24.1 Å². The van der Waals surface area contributed by atoms with Crippen LogP contribution in [0.1, 0.15) is 27.6 Å². The number of H-pyrrole nitrogens is 2. The van der Waals surface area contributed by atoms with E-state index in [-0.39, 0.29) is 16.9 Å². The zero-order valence-electron chi connectivity index (χ0n) is 12.1. The Hall–Kier alpha value is -3.23. The van der Waals surface area contributed by atoms with Crippen molar-refractivity contribution in [3.8, 4) is 17.4 Å². The van der Waals surface area contributed by atoms with Crippen LogP contribution in [0.25, 0.3) is 0 Å². The van der Waals surface area contributed by atoms with E-state index in [0.717, 1.165) is 0 Å². The topological polar surface area (TPSA) is 131 Å². The van der Waals surface area contributed by atoms with Crippen LogP contribution in [-0.4, -0.2) is 35.3 Å². The standard InChI is InChI=1S/C14H12N2O7/c1-21-6-4-3-5-7(10(6)22-2)13(19)23-9(5)8-11(17)15-14(20)16-12(8)18/h3-4,9H,1-2H3,(H3,15,16,17,18,20)/t9-/m0/s1. The summed E-state index contributed by atoms with van der Waals surface area (Å²) in [6.07, 6.45) is -1.17. The second-order valence-corrected chi connectivity index (χ2v) is 4.72. The number of methoxy groups -OCH3 is 2. The highest BCUT2D eigenvalue weighted by molar-refractivity contribution is 5.98. The van der Waals surface area contributed by atoms with Gasteiger partial charge in [0.1, 0.15) is 11.1 Å². The molecule has 1 aliphatic rings. The first-order valence-electron chi connectivity index (χ1n) is 6.49. The summed E-state index contributed by atoms with van der Waals surface area (Å²) in [5, 5.41) is 9.85. The molecule has 1 aliphatic heterocycles. The third-order valence-corrected chi connectivity index (χ3v) is 3.51. The van der Waals surface area contributed by atoms with Gasteiger partial charge in [0.05, 0.1) is 14.2 Å². The fourth-order valence-electron chi connectivity index (χ4n) is 2.54. The Labute approximate surface area is 128 Å². The number of aromatic nitrogens is 2. The lowest BCUT2D eigenvalue weighted by Crippen LogP contribution is -2.27. The zero-order valence-corrected chi connectivity index (χ0v) is 12.1. The number of rotatable bonds is 3. The van der Waals surface area contributed by atoms with E-state index < -0.39 is 29.2 Å². The first-order chi connectivity index (χ1) is 11.0. The van der Waals surface area contributed by atoms with Crippen LogP contribution in [0.4, 0.5) is 0 Å². The Bertz CT molecular complexity index is 912. The fourth-order valence-corrected chi connectivity index (χ4v) is 2.54. The smallest absolute Gasteiger partial charge is 0.343 e. The van der Waals surface area contributed by atoms with E-state index in [2.05, 4.69) is 4.98 Å². The third-order valence-electron chi connectivity index (χ3n) is 3.51. The summed E-state index contributed by atoms with van der Waals surface area (Å²) < 4.78 is 15.5. The van der Waals surface area contributed by atoms with Gasteiger partial charge < -0.3 is 19.3 Å². The molecule has 2 aromatic rings. The molecule has 0 unspecified atom stereocenters. The molecule has 2 heterocycles. The molecule has 9 heteroatoms. The predicted molar refractivity (Wildman–Crippen MR) is 76.2 cm³/mol. The largest absolute Gasteiger partial charge is 0.494 e. The van der Waals surface area contributed by atoms with Crippen molar-refractivity contribution >= 4 is 5.97 Å². The SMILES string of the molecule is COc1ccc2c(c1OC)C(=O)O[C@@H]2c1c(O)[nH]c(=O)[nH]c1=O. The molecule has 1 atom stereocenters. The van der Waals surface area contributed by atoms with Gasteiger partial charge in [-0.1, -0.05) is 6.07 Å². The Morgan fingerprint density at radius 2 is 1.87 bits per heavy atom. The van der Waals surface area contributed by atoms with Crippen LogP contribution < -0.4 is 20.7 Å². The summed E-state index contributed by atoms with van der Waals surface area (Å²) in [7, 11) is 2.78. The second kappa shape index (κ2) is 5.20. The van der Waals surface area contributed by atoms with Gasteiger partial charge in [0.15, 0.2) is 17.6 Å². The number of nitrogens with one attached hydrogen (secondary N) is 2. The van der Waals surface area contributed by atoms with Gasteiger partial charge in [0, 0.05) is 5.56 Å². The molecule has 0 spiro atoms. The van der Waals surface area contributed by atoms with Crippen molar-refractivity contribution in [3.05, 3.63) is 49.7 Å². The van der Waals surface area contributed by atoms with Gasteiger partial charge in [0.25, 0.3) is 5.56 Å². The lowest BCUT2D eigenvalue weighted by molar-refractivity contribution is 0.0447. The number of ether oxygens (including phenoxy) is 3. The molecule has 1 aromatic heterocycles. The van der Waals surface area contributed by atoms with Gasteiger partial charge in [-0.25, -0.2) is 9.59 Å². The number of esters is 1. The minimum Gasteiger partial charge on any atom is -0.494 e. The van der Waals surface area contributed by atoms with E-state index in [1.165, 1.54) is 20.3 Å². The fraction of sp³-hybridized carbons (Fsp3) is 0.214. The van der Waals surface area contributed by atoms with E-state index in [4.69, 9.17) is 14.2 Å². The molecule has 0 saturated heterocycles. The van der Waals surface area contributed by atoms with Crippen molar-refractivity contribution in [2.24, 2.45) is 0 Å². The molecule has 0 amide bonds. The van der Waals surface area contributed by atoms with E-state index >= 15 is 0 Å². The van der Waals surface area contributed by atoms with Gasteiger partial charge in [-0.2, -0.15) is 0 Å². The first kappa shape index (κ1) is 14.7. The number of hydrogen-bond acceptors (Lipinski definition) is 7. The lowest BCUT2D eigenvalue weighted by Gasteiger charge is -2.12. The second-order valence-electron chi connectivity index (χ2n) is 4.72. The quantitative estimate of drug-likeness (QED) is 0.681. The molecule has 1 aromatic carbocycles. The van der Waals surface area contributed by atoms with Crippen LogP contribution in [0.2, 0.25) is 0 Å². The molecule has 0 bridgehead atoms. The highest BCUT2D eigenvalue weighted by Crippen LogP contribution is 2.44. The molecule has 9 nitrogen and oxygen atoms in total. The number of cyclic esters (lactones) is 1. The van der Waals surface area contributed by atoms with E-state index in [9.17, 15) is 19.5 Å². The first-order valence-corrected chi connectivity index (χ1v) is 6.49. The van der Waals surface area contributed by atoms with Crippen LogP contribution in [0.15, 0.2) is 21.7 Å². The van der Waals surface area contributed by atoms with Crippen molar-refractivity contribution in [3.63, 3.8) is 0 Å². The Morgan fingerprint density at radius 1 is 1.13 bits per heavy atom. The van der Waals surface area contributed by atoms with Crippen molar-refractivity contribution in [1.29, 1.82) is 0 Å². The predicted octanol–water partition coefficient (Wildman–Crippen LogP) is 0.0458. The average molecular weight is 320 g/mol. The summed E-state index contributed by atoms with van der Waals surface area (Å²) in [6, 6.07) is 3.07. The minimum absolute atomic E-state index is 0.0989. The van der Waals surface area contributed by atoms with Crippen LogP contribution in [0.3, 0.4) is 0 Å². The van der Waals surface area contributed by atoms with Gasteiger partial charge in [-0.05, 0) is 6.07 Å². The number of benzene rings is 1. The van der Waals surface area contributed by atoms with Crippen molar-refractivity contribution in [2.75, 3.05) is 14.2 Å². The van der Waals surface area contributed by atoms with E-state index in [0.29, 0.717) is 11.3 Å². The Kier molecular flexibility index (Phi) is 3.32. The minimum atomic E-state index is -1.17. The summed E-state index contributed by atoms with van der Waals surface area (Å²) in [6.45, 7) is 0. The molecule has 0 saturated carbocycles. The number of hydrogen-bond donors (Lipinski definition) is 3. The van der Waals surface area contributed by atoms with Crippen LogP contribution in [0, 0.1) is 0 Å². The Morgan fingerprint density at radius 3 is 2.48 bits per heavy atom. The monoisotopic (exact) mass is 320 g/mol. The molecule has 0 radical (unpaired) electrons. The third kappa shape index (κ3) is 2.13. The van der Waals surface area contributed by atoms with E-state index in [1.807, 2.05) is 4.98 Å². The maximum Gasteiger partial charge on any atom is 0.343 e. The van der Waals surface area contributed by atoms with Crippen LogP contribution in [0.5, 0.6) is 17.4 Å². The molecular weight excluding hydrogens is 308 g/mol. The molecule has 120 valence electrons. The number of aromatic amines is 2. The lowest BCUT2D eigenvalue weighted by atomic mass is 9.99. The number of fused-ring (bicyclic) bond motifs is 1. The van der Waals surface area contributed by atoms with Crippen LogP contribution >= 0.6 is 0 Å². The molecule has 0 fully saturated rings. The highest BCUT2D eigenvalue weighted by atomic mass is 16.6. The zero-order chi connectivity index (χ0) is 16.7. The highest BCUT2D eigenvalue weighted by Gasteiger charge is 2.39. The van der Waals surface area contributed by atoms with Gasteiger partial charge in [-0.3, -0.25) is 14.8 Å². The number of carbonyl (C=O) groups is 1. The maximum atomic E-state index is 12.2. The Balaban J connectivity index is 2.25. The average Bonchev–Trinajstić information content (AvgIpc) is 2.82. The summed E-state index contributed by atoms with van der Waals surface area (Å²) in [5.74, 6) is -0.911. The summed E-state index contributed by atoms with van der Waals surface area (Å²) >= 11 is 0. The van der Waals surface area contributed by atoms with Crippen molar-refractivity contribution in [2.45, 2.75) is 6.10 Å². The van der Waals surface area contributed by atoms with Gasteiger partial charge in [-0.15, -0.1) is 0 Å². The van der Waals surface area contributed by atoms with Crippen molar-refractivity contribution in [1.82, 2.24) is 9.97 Å². The number of aromatic hydroxyl groups is 1. The van der Waals surface area contributed by atoms with Gasteiger partial charge >= 0.3 is 11.7 Å². The molecular formula is C14H12N2O7. The molecule has 23 heavy (non-hydrogen) atoms. The number of carbonyl (C=O) groups excluding carboxylic acids is 1. The maximum absolute atomic E-state index is 12.2.